The first-order valence-electron chi connectivity index (χ1n) is 6.56. The van der Waals surface area contributed by atoms with Gasteiger partial charge in [0, 0.05) is 6.42 Å². The topological polar surface area (TPSA) is 94.8 Å². The third-order valence-electron chi connectivity index (χ3n) is 2.98. The molecular weight excluding hydrogens is 236 g/mol. The first-order valence-corrected chi connectivity index (χ1v) is 6.56. The first kappa shape index (κ1) is 16.9. The minimum atomic E-state index is -0.946. The van der Waals surface area contributed by atoms with Crippen molar-refractivity contribution in [1.82, 2.24) is 0 Å². The summed E-state index contributed by atoms with van der Waals surface area (Å²) in [5, 5.41) is 26.5. The van der Waals surface area contributed by atoms with Gasteiger partial charge in [-0.1, -0.05) is 25.7 Å². The number of rotatable bonds is 11. The van der Waals surface area contributed by atoms with Crippen LogP contribution in [0.4, 0.5) is 0 Å². The van der Waals surface area contributed by atoms with Crippen LogP contribution in [0.1, 0.15) is 58.3 Å². The van der Waals surface area contributed by atoms with Crippen LogP contribution in [0.2, 0.25) is 0 Å². The number of carboxylic acid groups (broad SMARTS) is 2. The molecule has 5 nitrogen and oxygen atoms in total. The van der Waals surface area contributed by atoms with Crippen molar-refractivity contribution < 1.29 is 24.9 Å². The van der Waals surface area contributed by atoms with Crippen molar-refractivity contribution >= 4 is 11.9 Å². The highest BCUT2D eigenvalue weighted by atomic mass is 16.4. The molecule has 0 saturated carbocycles. The fraction of sp³-hybridized carbons (Fsp3) is 0.846. The van der Waals surface area contributed by atoms with Gasteiger partial charge in [-0.25, -0.2) is 0 Å². The van der Waals surface area contributed by atoms with Gasteiger partial charge in [0.2, 0.25) is 0 Å². The van der Waals surface area contributed by atoms with E-state index in [0.717, 1.165) is 32.1 Å². The molecule has 0 saturated heterocycles. The van der Waals surface area contributed by atoms with E-state index < -0.39 is 17.9 Å². The fourth-order valence-electron chi connectivity index (χ4n) is 1.87. The molecule has 0 rings (SSSR count). The molecule has 0 fully saturated rings. The maximum Gasteiger partial charge on any atom is 0.306 e. The van der Waals surface area contributed by atoms with E-state index in [0.29, 0.717) is 6.42 Å². The van der Waals surface area contributed by atoms with Crippen molar-refractivity contribution in [1.29, 1.82) is 0 Å². The quantitative estimate of drug-likeness (QED) is 0.495. The summed E-state index contributed by atoms with van der Waals surface area (Å²) in [6.07, 6.45) is 4.84. The van der Waals surface area contributed by atoms with E-state index in [1.807, 2.05) is 0 Å². The number of aliphatic hydroxyl groups is 1. The van der Waals surface area contributed by atoms with Gasteiger partial charge >= 0.3 is 11.9 Å². The molecule has 18 heavy (non-hydrogen) atoms. The van der Waals surface area contributed by atoms with Gasteiger partial charge in [-0.15, -0.1) is 0 Å². The molecule has 0 aromatic rings. The summed E-state index contributed by atoms with van der Waals surface area (Å²) < 4.78 is 0. The number of aliphatic carboxylic acids is 2. The van der Waals surface area contributed by atoms with Gasteiger partial charge in [-0.2, -0.15) is 0 Å². The lowest BCUT2D eigenvalue weighted by atomic mass is 9.96. The first-order chi connectivity index (χ1) is 8.43. The number of unbranched alkanes of at least 4 members (excludes halogenated alkanes) is 3. The Hall–Kier alpha value is -1.10. The van der Waals surface area contributed by atoms with Crippen LogP contribution in [-0.4, -0.2) is 33.4 Å². The molecule has 0 aromatic carbocycles. The van der Waals surface area contributed by atoms with Crippen LogP contribution in [-0.2, 0) is 9.59 Å². The Morgan fingerprint density at radius 3 is 1.94 bits per heavy atom. The van der Waals surface area contributed by atoms with Gasteiger partial charge in [0.05, 0.1) is 12.0 Å². The van der Waals surface area contributed by atoms with E-state index in [9.17, 15) is 9.59 Å². The largest absolute Gasteiger partial charge is 0.481 e. The van der Waals surface area contributed by atoms with Crippen molar-refractivity contribution in [2.24, 2.45) is 5.92 Å². The molecule has 0 aliphatic heterocycles. The summed E-state index contributed by atoms with van der Waals surface area (Å²) in [7, 11) is 0. The van der Waals surface area contributed by atoms with Crippen molar-refractivity contribution in [2.45, 2.75) is 64.4 Å². The molecule has 0 amide bonds. The Kier molecular flexibility index (Phi) is 9.28. The second-order valence-electron chi connectivity index (χ2n) is 4.81. The van der Waals surface area contributed by atoms with Crippen LogP contribution in [0.25, 0.3) is 0 Å². The molecule has 0 aliphatic rings. The van der Waals surface area contributed by atoms with Crippen LogP contribution in [0.3, 0.4) is 0 Å². The SMILES string of the molecule is C[C@@H](O)CCCCCC[C@H](CCC(=O)O)C(=O)O. The standard InChI is InChI=1S/C13H24O5/c1-10(14)6-4-2-3-5-7-11(13(17)18)8-9-12(15)16/h10-11,14H,2-9H2,1H3,(H,15,16)(H,17,18)/t10-,11-/m1/s1. The number of carboxylic acids is 2. The molecule has 3 N–H and O–H groups in total. The summed E-state index contributed by atoms with van der Waals surface area (Å²) in [6, 6.07) is 0. The minimum Gasteiger partial charge on any atom is -0.481 e. The Morgan fingerprint density at radius 2 is 1.50 bits per heavy atom. The summed E-state index contributed by atoms with van der Waals surface area (Å²) in [5.74, 6) is -2.39. The van der Waals surface area contributed by atoms with Crippen molar-refractivity contribution in [3.63, 3.8) is 0 Å². The Labute approximate surface area is 108 Å². The van der Waals surface area contributed by atoms with Crippen molar-refractivity contribution in [2.75, 3.05) is 0 Å². The number of carbonyl (C=O) groups is 2. The zero-order valence-electron chi connectivity index (χ0n) is 11.0. The molecule has 106 valence electrons. The summed E-state index contributed by atoms with van der Waals surface area (Å²) in [4.78, 5) is 21.3. The third kappa shape index (κ3) is 10.1. The van der Waals surface area contributed by atoms with E-state index >= 15 is 0 Å². The number of hydrogen-bond donors (Lipinski definition) is 3. The van der Waals surface area contributed by atoms with E-state index in [1.54, 1.807) is 6.92 Å². The number of aliphatic hydroxyl groups excluding tert-OH is 1. The Bertz CT molecular complexity index is 250. The second-order valence-corrected chi connectivity index (χ2v) is 4.81. The third-order valence-corrected chi connectivity index (χ3v) is 2.98. The summed E-state index contributed by atoms with van der Waals surface area (Å²) in [6.45, 7) is 1.76. The van der Waals surface area contributed by atoms with Gasteiger partial charge in [0.15, 0.2) is 0 Å². The van der Waals surface area contributed by atoms with Gasteiger partial charge in [-0.3, -0.25) is 9.59 Å². The van der Waals surface area contributed by atoms with Crippen molar-refractivity contribution in [3.05, 3.63) is 0 Å². The lowest BCUT2D eigenvalue weighted by molar-refractivity contribution is -0.143. The predicted molar refractivity (Wildman–Crippen MR) is 67.4 cm³/mol. The molecular formula is C13H24O5. The monoisotopic (exact) mass is 260 g/mol. The highest BCUT2D eigenvalue weighted by Gasteiger charge is 2.17. The van der Waals surface area contributed by atoms with Gasteiger partial charge in [0.1, 0.15) is 0 Å². The Morgan fingerprint density at radius 1 is 0.944 bits per heavy atom. The smallest absolute Gasteiger partial charge is 0.306 e. The lowest BCUT2D eigenvalue weighted by Crippen LogP contribution is -2.15. The van der Waals surface area contributed by atoms with Crippen LogP contribution in [0, 0.1) is 5.92 Å². The average molecular weight is 260 g/mol. The van der Waals surface area contributed by atoms with E-state index in [2.05, 4.69) is 0 Å². The van der Waals surface area contributed by atoms with E-state index in [-0.39, 0.29) is 18.9 Å². The highest BCUT2D eigenvalue weighted by Crippen LogP contribution is 2.17. The minimum absolute atomic E-state index is 0.0843. The molecule has 0 unspecified atom stereocenters. The van der Waals surface area contributed by atoms with Gasteiger partial charge < -0.3 is 15.3 Å². The van der Waals surface area contributed by atoms with E-state index in [4.69, 9.17) is 15.3 Å². The summed E-state index contributed by atoms with van der Waals surface area (Å²) in [5.41, 5.74) is 0. The molecule has 0 heterocycles. The molecule has 0 spiro atoms. The molecule has 2 atom stereocenters. The van der Waals surface area contributed by atoms with Crippen LogP contribution in [0.15, 0.2) is 0 Å². The lowest BCUT2D eigenvalue weighted by Gasteiger charge is -2.10. The number of hydrogen-bond acceptors (Lipinski definition) is 3. The van der Waals surface area contributed by atoms with Gasteiger partial charge in [-0.05, 0) is 26.2 Å². The normalized spacial score (nSPS) is 14.1. The molecule has 0 bridgehead atoms. The zero-order chi connectivity index (χ0) is 14.0. The molecule has 0 aromatic heterocycles. The zero-order valence-corrected chi connectivity index (χ0v) is 11.0. The van der Waals surface area contributed by atoms with Crippen molar-refractivity contribution in [3.8, 4) is 0 Å². The predicted octanol–water partition coefficient (Wildman–Crippen LogP) is 2.27. The van der Waals surface area contributed by atoms with Gasteiger partial charge in [0.25, 0.3) is 0 Å². The van der Waals surface area contributed by atoms with Crippen LogP contribution < -0.4 is 0 Å². The fourth-order valence-corrected chi connectivity index (χ4v) is 1.87. The molecule has 0 aliphatic carbocycles. The second kappa shape index (κ2) is 9.88. The summed E-state index contributed by atoms with van der Waals surface area (Å²) >= 11 is 0. The van der Waals surface area contributed by atoms with E-state index in [1.165, 1.54) is 0 Å². The van der Waals surface area contributed by atoms with Crippen LogP contribution >= 0.6 is 0 Å². The maximum atomic E-state index is 10.9. The highest BCUT2D eigenvalue weighted by molar-refractivity contribution is 5.72. The Balaban J connectivity index is 3.64. The average Bonchev–Trinajstić information content (AvgIpc) is 2.25. The molecule has 5 heteroatoms. The maximum absolute atomic E-state index is 10.9. The van der Waals surface area contributed by atoms with Crippen LogP contribution in [0.5, 0.6) is 0 Å². The molecule has 0 radical (unpaired) electrons.